The summed E-state index contributed by atoms with van der Waals surface area (Å²) >= 11 is 0. The molecule has 1 N–H and O–H groups in total. The van der Waals surface area contributed by atoms with Crippen LogP contribution in [0.4, 0.5) is 11.4 Å². The van der Waals surface area contributed by atoms with E-state index in [0.29, 0.717) is 5.56 Å². The molecule has 3 rings (SSSR count). The number of carbonyl (C=O) groups excluding carboxylic acids is 1. The zero-order valence-electron chi connectivity index (χ0n) is 18.8. The van der Waals surface area contributed by atoms with E-state index in [9.17, 15) is 23.3 Å². The number of hydrogen-bond donors (Lipinski definition) is 1. The Kier molecular flexibility index (Phi) is 8.00. The summed E-state index contributed by atoms with van der Waals surface area (Å²) in [6, 6.07) is 18.2. The van der Waals surface area contributed by atoms with Gasteiger partial charge in [0.2, 0.25) is 0 Å². The normalized spacial score (nSPS) is 11.1. The van der Waals surface area contributed by atoms with Gasteiger partial charge in [-0.25, -0.2) is 13.8 Å². The van der Waals surface area contributed by atoms with E-state index >= 15 is 0 Å². The van der Waals surface area contributed by atoms with Crippen molar-refractivity contribution in [1.82, 2.24) is 5.43 Å². The van der Waals surface area contributed by atoms with Gasteiger partial charge in [0.15, 0.2) is 5.75 Å². The molecule has 0 aliphatic heterocycles. The highest BCUT2D eigenvalue weighted by molar-refractivity contribution is 7.92. The lowest BCUT2D eigenvalue weighted by Gasteiger charge is -2.25. The van der Waals surface area contributed by atoms with Gasteiger partial charge in [0.05, 0.1) is 35.9 Å². The number of hydrazone groups is 1. The van der Waals surface area contributed by atoms with E-state index in [2.05, 4.69) is 10.5 Å². The molecule has 11 nitrogen and oxygen atoms in total. The van der Waals surface area contributed by atoms with Crippen LogP contribution in [-0.4, -0.2) is 46.2 Å². The number of hydrogen-bond acceptors (Lipinski definition) is 8. The summed E-state index contributed by atoms with van der Waals surface area (Å²) in [7, 11) is -1.42. The van der Waals surface area contributed by atoms with Gasteiger partial charge in [0, 0.05) is 11.6 Å². The van der Waals surface area contributed by atoms with Crippen LogP contribution in [0.25, 0.3) is 0 Å². The minimum Gasteiger partial charge on any atom is -0.495 e. The van der Waals surface area contributed by atoms with Crippen LogP contribution in [0.2, 0.25) is 0 Å². The number of ether oxygens (including phenoxy) is 2. The second-order valence-corrected chi connectivity index (χ2v) is 8.84. The third kappa shape index (κ3) is 5.92. The van der Waals surface area contributed by atoms with Crippen molar-refractivity contribution in [3.05, 3.63) is 88.5 Å². The Morgan fingerprint density at radius 1 is 1.03 bits per heavy atom. The average molecular weight is 499 g/mol. The van der Waals surface area contributed by atoms with Crippen LogP contribution < -0.4 is 19.2 Å². The average Bonchev–Trinajstić information content (AvgIpc) is 2.87. The number of para-hydroxylation sites is 2. The van der Waals surface area contributed by atoms with Crippen molar-refractivity contribution in [3.63, 3.8) is 0 Å². The molecule has 12 heteroatoms. The number of rotatable bonds is 10. The molecule has 0 aliphatic rings. The molecular formula is C23H22N4O7S. The molecule has 35 heavy (non-hydrogen) atoms. The van der Waals surface area contributed by atoms with Crippen LogP contribution >= 0.6 is 0 Å². The van der Waals surface area contributed by atoms with Crippen molar-refractivity contribution >= 4 is 33.5 Å². The van der Waals surface area contributed by atoms with E-state index < -0.39 is 27.4 Å². The number of nitro benzene ring substituents is 1. The molecular weight excluding hydrogens is 476 g/mol. The van der Waals surface area contributed by atoms with Gasteiger partial charge < -0.3 is 9.47 Å². The largest absolute Gasteiger partial charge is 0.495 e. The Labute approximate surface area is 201 Å². The molecule has 0 heterocycles. The monoisotopic (exact) mass is 498 g/mol. The lowest BCUT2D eigenvalue weighted by Crippen LogP contribution is -2.39. The highest BCUT2D eigenvalue weighted by atomic mass is 32.2. The van der Waals surface area contributed by atoms with Crippen molar-refractivity contribution in [2.24, 2.45) is 5.10 Å². The van der Waals surface area contributed by atoms with Crippen molar-refractivity contribution in [1.29, 1.82) is 0 Å². The first-order valence-electron chi connectivity index (χ1n) is 10.1. The third-order valence-electron chi connectivity index (χ3n) is 4.77. The number of carbonyl (C=O) groups is 1. The predicted molar refractivity (Wildman–Crippen MR) is 129 cm³/mol. The Balaban J connectivity index is 1.85. The minimum absolute atomic E-state index is 0.00671. The molecule has 1 amide bonds. The van der Waals surface area contributed by atoms with Crippen LogP contribution in [0.15, 0.2) is 82.8 Å². The van der Waals surface area contributed by atoms with E-state index in [-0.39, 0.29) is 27.8 Å². The van der Waals surface area contributed by atoms with E-state index in [0.717, 1.165) is 4.31 Å². The van der Waals surface area contributed by atoms with Gasteiger partial charge in [-0.15, -0.1) is 0 Å². The summed E-state index contributed by atoms with van der Waals surface area (Å²) in [6.07, 6.45) is 1.20. The van der Waals surface area contributed by atoms with Crippen molar-refractivity contribution < 1.29 is 27.6 Å². The molecule has 182 valence electrons. The van der Waals surface area contributed by atoms with E-state index in [1.165, 1.54) is 56.8 Å². The quantitative estimate of drug-likeness (QED) is 0.257. The maximum Gasteiger partial charge on any atom is 0.311 e. The van der Waals surface area contributed by atoms with Crippen molar-refractivity contribution in [3.8, 4) is 11.5 Å². The summed E-state index contributed by atoms with van der Waals surface area (Å²) in [5, 5.41) is 15.0. The van der Waals surface area contributed by atoms with Crippen LogP contribution in [0, 0.1) is 10.1 Å². The molecule has 0 saturated heterocycles. The molecule has 0 aromatic heterocycles. The topological polar surface area (TPSA) is 140 Å². The van der Waals surface area contributed by atoms with Gasteiger partial charge in [0.1, 0.15) is 12.3 Å². The van der Waals surface area contributed by atoms with Crippen molar-refractivity contribution in [2.45, 2.75) is 4.90 Å². The van der Waals surface area contributed by atoms with Crippen LogP contribution in [0.3, 0.4) is 0 Å². The first kappa shape index (κ1) is 25.2. The molecule has 0 spiro atoms. The Bertz CT molecular complexity index is 1340. The molecule has 0 bridgehead atoms. The van der Waals surface area contributed by atoms with Crippen molar-refractivity contribution in [2.75, 3.05) is 25.1 Å². The molecule has 3 aromatic carbocycles. The summed E-state index contributed by atoms with van der Waals surface area (Å²) in [5.74, 6) is -0.404. The number of nitro groups is 1. The molecule has 0 radical (unpaired) electrons. The SMILES string of the molecule is COc1ccccc1N(CC(=O)N/N=C\c1ccc(OC)c([N+](=O)[O-])c1)S(=O)(=O)c1ccccc1. The number of anilines is 1. The number of nitrogens with zero attached hydrogens (tertiary/aromatic N) is 3. The van der Waals surface area contributed by atoms with Crippen LogP contribution in [0.1, 0.15) is 5.56 Å². The zero-order valence-corrected chi connectivity index (χ0v) is 19.6. The second kappa shape index (κ2) is 11.1. The third-order valence-corrected chi connectivity index (χ3v) is 6.55. The maximum atomic E-state index is 13.4. The fourth-order valence-corrected chi connectivity index (χ4v) is 4.58. The minimum atomic E-state index is -4.13. The van der Waals surface area contributed by atoms with E-state index in [1.807, 2.05) is 0 Å². The molecule has 0 atom stereocenters. The Hall–Kier alpha value is -4.45. The zero-order chi connectivity index (χ0) is 25.4. The second-order valence-electron chi connectivity index (χ2n) is 6.98. The fraction of sp³-hybridized carbons (Fsp3) is 0.130. The lowest BCUT2D eigenvalue weighted by atomic mass is 10.2. The number of nitrogens with one attached hydrogen (secondary N) is 1. The number of sulfonamides is 1. The molecule has 0 saturated carbocycles. The molecule has 0 aliphatic carbocycles. The summed E-state index contributed by atoms with van der Waals surface area (Å²) in [4.78, 5) is 23.2. The Morgan fingerprint density at radius 2 is 1.69 bits per heavy atom. The van der Waals surface area contributed by atoms with Gasteiger partial charge in [0.25, 0.3) is 15.9 Å². The van der Waals surface area contributed by atoms with Gasteiger partial charge >= 0.3 is 5.69 Å². The maximum absolute atomic E-state index is 13.4. The van der Waals surface area contributed by atoms with Gasteiger partial charge in [-0.1, -0.05) is 30.3 Å². The fourth-order valence-electron chi connectivity index (χ4n) is 3.13. The van der Waals surface area contributed by atoms with Crippen LogP contribution in [-0.2, 0) is 14.8 Å². The highest BCUT2D eigenvalue weighted by Crippen LogP contribution is 2.32. The van der Waals surface area contributed by atoms with E-state index in [4.69, 9.17) is 9.47 Å². The van der Waals surface area contributed by atoms with Gasteiger partial charge in [-0.3, -0.25) is 19.2 Å². The first-order valence-corrected chi connectivity index (χ1v) is 11.6. The predicted octanol–water partition coefficient (Wildman–Crippen LogP) is 2.96. The highest BCUT2D eigenvalue weighted by Gasteiger charge is 2.29. The Morgan fingerprint density at radius 3 is 2.34 bits per heavy atom. The number of methoxy groups -OCH3 is 2. The molecule has 0 unspecified atom stereocenters. The number of benzene rings is 3. The van der Waals surface area contributed by atoms with Gasteiger partial charge in [-0.05, 0) is 36.4 Å². The first-order chi connectivity index (χ1) is 16.8. The standard InChI is InChI=1S/C23H22N4O7S/c1-33-21-11-7-6-10-19(21)26(35(31,32)18-8-4-3-5-9-18)16-23(28)25-24-15-17-12-13-22(34-2)20(14-17)27(29)30/h3-15H,16H2,1-2H3,(H,25,28)/b24-15-. The molecule has 0 fully saturated rings. The summed E-state index contributed by atoms with van der Waals surface area (Å²) in [5.41, 5.74) is 2.49. The molecule has 3 aromatic rings. The number of amides is 1. The van der Waals surface area contributed by atoms with Crippen LogP contribution in [0.5, 0.6) is 11.5 Å². The van der Waals surface area contributed by atoms with Gasteiger partial charge in [-0.2, -0.15) is 5.10 Å². The lowest BCUT2D eigenvalue weighted by molar-refractivity contribution is -0.385. The summed E-state index contributed by atoms with van der Waals surface area (Å²) < 4.78 is 37.9. The van der Waals surface area contributed by atoms with E-state index in [1.54, 1.807) is 36.4 Å². The smallest absolute Gasteiger partial charge is 0.311 e. The summed E-state index contributed by atoms with van der Waals surface area (Å²) in [6.45, 7) is -0.600.